The summed E-state index contributed by atoms with van der Waals surface area (Å²) < 4.78 is 12.6. The number of hydrogen-bond acceptors (Lipinski definition) is 4. The summed E-state index contributed by atoms with van der Waals surface area (Å²) in [5.74, 6) is -0.453. The number of rotatable bonds is 4. The first-order valence-electron chi connectivity index (χ1n) is 8.00. The first kappa shape index (κ1) is 14.4. The molecule has 0 fully saturated rings. The Labute approximate surface area is 140 Å². The molecular weight excluding hydrogens is 304 g/mol. The van der Waals surface area contributed by atoms with Gasteiger partial charge in [-0.15, -0.1) is 0 Å². The molecule has 0 aliphatic rings. The highest BCUT2D eigenvalue weighted by molar-refractivity contribution is 5.97. The fourth-order valence-electron chi connectivity index (χ4n) is 2.45. The van der Waals surface area contributed by atoms with Gasteiger partial charge in [0.15, 0.2) is 1.41 Å². The van der Waals surface area contributed by atoms with Crippen LogP contribution in [0.1, 0.15) is 18.1 Å². The second-order valence-corrected chi connectivity index (χ2v) is 5.09. The van der Waals surface area contributed by atoms with E-state index in [9.17, 15) is 9.59 Å². The molecule has 2 aromatic carbocycles. The topological polar surface area (TPSA) is 72.1 Å². The minimum atomic E-state index is -0.463. The van der Waals surface area contributed by atoms with Crippen LogP contribution in [-0.2, 0) is 9.53 Å². The van der Waals surface area contributed by atoms with Gasteiger partial charge in [-0.25, -0.2) is 9.78 Å². The van der Waals surface area contributed by atoms with Crippen LogP contribution in [0.2, 0.25) is 1.41 Å². The molecule has 1 N–H and O–H groups in total. The van der Waals surface area contributed by atoms with Gasteiger partial charge in [-0.3, -0.25) is 4.79 Å². The van der Waals surface area contributed by atoms with Crippen molar-refractivity contribution < 1.29 is 10.9 Å². The maximum absolute atomic E-state index is 12.2. The van der Waals surface area contributed by atoms with Gasteiger partial charge in [-0.1, -0.05) is 36.4 Å². The lowest BCUT2D eigenvalue weighted by molar-refractivity contribution is -0.137. The summed E-state index contributed by atoms with van der Waals surface area (Å²) in [5, 5.41) is 0.320. The molecule has 1 aromatic heterocycles. The first-order valence-corrected chi connectivity index (χ1v) is 7.55. The van der Waals surface area contributed by atoms with E-state index in [1.807, 2.05) is 30.3 Å². The summed E-state index contributed by atoms with van der Waals surface area (Å²) in [6.45, 7) is 2.02. The summed E-state index contributed by atoms with van der Waals surface area (Å²) >= 11 is 0. The highest BCUT2D eigenvalue weighted by Gasteiger charge is 2.10. The third-order valence-electron chi connectivity index (χ3n) is 3.54. The van der Waals surface area contributed by atoms with Crippen LogP contribution in [-0.4, -0.2) is 22.5 Å². The molecule has 1 heterocycles. The van der Waals surface area contributed by atoms with E-state index in [1.54, 1.807) is 25.1 Å². The molecule has 0 amide bonds. The third-order valence-corrected chi connectivity index (χ3v) is 3.54. The van der Waals surface area contributed by atoms with E-state index in [0.29, 0.717) is 27.0 Å². The average molecular weight is 321 g/mol. The average Bonchev–Trinajstić information content (AvgIpc) is 2.64. The minimum absolute atomic E-state index is 0.280. The zero-order chi connectivity index (χ0) is 17.8. The number of aromatic amines is 1. The normalized spacial score (nSPS) is 12.0. The highest BCUT2D eigenvalue weighted by Crippen LogP contribution is 2.25. The van der Waals surface area contributed by atoms with Gasteiger partial charge in [0, 0.05) is 6.08 Å². The molecule has 0 radical (unpaired) electrons. The Kier molecular flexibility index (Phi) is 4.14. The predicted octanol–water partition coefficient (Wildman–Crippen LogP) is 2.92. The monoisotopic (exact) mass is 321 g/mol. The van der Waals surface area contributed by atoms with Crippen LogP contribution in [0, 0.1) is 0 Å². The van der Waals surface area contributed by atoms with E-state index < -0.39 is 11.5 Å². The number of ether oxygens (including phenoxy) is 1. The van der Waals surface area contributed by atoms with Gasteiger partial charge >= 0.3 is 5.97 Å². The van der Waals surface area contributed by atoms with Crippen molar-refractivity contribution in [3.8, 4) is 0 Å². The number of esters is 1. The number of aromatic nitrogens is 2. The van der Waals surface area contributed by atoms with Crippen molar-refractivity contribution in [1.29, 1.82) is 0 Å². The third kappa shape index (κ3) is 3.25. The summed E-state index contributed by atoms with van der Waals surface area (Å²) in [7, 11) is 0. The van der Waals surface area contributed by atoms with Gasteiger partial charge in [0.05, 0.1) is 23.8 Å². The van der Waals surface area contributed by atoms with Gasteiger partial charge in [-0.2, -0.15) is 0 Å². The fraction of sp³-hybridized carbons (Fsp3) is 0.105. The van der Waals surface area contributed by atoms with Crippen LogP contribution in [0.3, 0.4) is 0 Å². The minimum Gasteiger partial charge on any atom is -0.463 e. The van der Waals surface area contributed by atoms with Crippen LogP contribution in [0.4, 0.5) is 0 Å². The lowest BCUT2D eigenvalue weighted by Gasteiger charge is -2.09. The molecule has 0 saturated carbocycles. The molecular formula is C19H16N2O3. The van der Waals surface area contributed by atoms with Gasteiger partial charge < -0.3 is 9.71 Å². The molecule has 0 spiro atoms. The molecule has 0 saturated heterocycles. The van der Waals surface area contributed by atoms with E-state index in [-0.39, 0.29) is 6.61 Å². The summed E-state index contributed by atoms with van der Waals surface area (Å²) in [4.78, 5) is 28.9. The SMILES string of the molecule is [2H]n1cnc2ccc(C(=CC(=O)OCC)c3ccccc3)cc2c1=O. The Balaban J connectivity index is 2.19. The van der Waals surface area contributed by atoms with Crippen molar-refractivity contribution >= 4 is 22.4 Å². The molecule has 0 bridgehead atoms. The Morgan fingerprint density at radius 3 is 2.79 bits per heavy atom. The van der Waals surface area contributed by atoms with Crippen LogP contribution >= 0.6 is 0 Å². The number of carbonyl (C=O) groups is 1. The zero-order valence-electron chi connectivity index (χ0n) is 14.1. The van der Waals surface area contributed by atoms with Gasteiger partial charge in [-0.05, 0) is 35.8 Å². The van der Waals surface area contributed by atoms with E-state index in [2.05, 4.69) is 4.98 Å². The molecule has 0 aliphatic carbocycles. The summed E-state index contributed by atoms with van der Waals surface area (Å²) in [5.41, 5.74) is 2.18. The Hall–Kier alpha value is -3.21. The fourth-order valence-corrected chi connectivity index (χ4v) is 2.45. The number of fused-ring (bicyclic) bond motifs is 1. The van der Waals surface area contributed by atoms with Gasteiger partial charge in [0.2, 0.25) is 0 Å². The summed E-state index contributed by atoms with van der Waals surface area (Å²) in [6, 6.07) is 14.5. The number of benzene rings is 2. The van der Waals surface area contributed by atoms with Crippen molar-refractivity contribution in [1.82, 2.24) is 9.96 Å². The highest BCUT2D eigenvalue weighted by atomic mass is 16.5. The molecule has 3 aromatic rings. The first-order chi connectivity index (χ1) is 12.1. The van der Waals surface area contributed by atoms with E-state index >= 15 is 0 Å². The van der Waals surface area contributed by atoms with Crippen LogP contribution in [0.15, 0.2) is 65.7 Å². The summed E-state index contributed by atoms with van der Waals surface area (Å²) in [6.07, 6.45) is 2.58. The molecule has 5 nitrogen and oxygen atoms in total. The lowest BCUT2D eigenvalue weighted by atomic mass is 9.96. The Morgan fingerprint density at radius 1 is 1.25 bits per heavy atom. The smallest absolute Gasteiger partial charge is 0.331 e. The maximum atomic E-state index is 12.2. The maximum Gasteiger partial charge on any atom is 0.331 e. The number of nitrogens with zero attached hydrogens (tertiary/aromatic N) is 1. The molecule has 0 atom stereocenters. The number of carbonyl (C=O) groups excluding carboxylic acids is 1. The van der Waals surface area contributed by atoms with Crippen LogP contribution in [0.25, 0.3) is 16.5 Å². The Morgan fingerprint density at radius 2 is 2.04 bits per heavy atom. The largest absolute Gasteiger partial charge is 0.463 e. The van der Waals surface area contributed by atoms with E-state index in [1.165, 1.54) is 6.08 Å². The zero-order valence-corrected chi connectivity index (χ0v) is 13.1. The van der Waals surface area contributed by atoms with Crippen molar-refractivity contribution in [2.24, 2.45) is 0 Å². The molecule has 24 heavy (non-hydrogen) atoms. The van der Waals surface area contributed by atoms with Crippen molar-refractivity contribution in [3.63, 3.8) is 0 Å². The van der Waals surface area contributed by atoms with Crippen molar-refractivity contribution in [3.05, 3.63) is 82.4 Å². The Bertz CT molecular complexity index is 1010. The molecule has 0 aliphatic heterocycles. The molecule has 0 unspecified atom stereocenters. The van der Waals surface area contributed by atoms with E-state index in [4.69, 9.17) is 6.15 Å². The number of hydrogen-bond donors (Lipinski definition) is 1. The molecule has 3 rings (SSSR count). The van der Waals surface area contributed by atoms with Crippen LogP contribution in [0.5, 0.6) is 0 Å². The van der Waals surface area contributed by atoms with Crippen molar-refractivity contribution in [2.45, 2.75) is 6.92 Å². The second kappa shape index (κ2) is 6.91. The standard InChI is InChI=1S/C19H16N2O3/c1-2-24-18(22)11-15(13-6-4-3-5-7-13)14-8-9-17-16(10-14)19(23)21-12-20-17/h3-12H,2H2,1H3,(H,20,21,23)/i/hD. The molecule has 5 heteroatoms. The van der Waals surface area contributed by atoms with E-state index in [0.717, 1.165) is 11.9 Å². The lowest BCUT2D eigenvalue weighted by Crippen LogP contribution is -2.07. The molecule has 120 valence electrons. The van der Waals surface area contributed by atoms with Gasteiger partial charge in [0.1, 0.15) is 0 Å². The number of nitrogens with one attached hydrogen (secondary N) is 1. The van der Waals surface area contributed by atoms with Crippen molar-refractivity contribution in [2.75, 3.05) is 6.61 Å². The van der Waals surface area contributed by atoms with Crippen LogP contribution < -0.4 is 5.56 Å². The number of H-pyrrole nitrogens is 1. The predicted molar refractivity (Wildman–Crippen MR) is 92.5 cm³/mol. The van der Waals surface area contributed by atoms with Gasteiger partial charge in [0.25, 0.3) is 5.56 Å². The second-order valence-electron chi connectivity index (χ2n) is 5.09. The quantitative estimate of drug-likeness (QED) is 0.592.